The molecular weight excluding hydrogens is 1010 g/mol. The Morgan fingerprint density at radius 1 is 0.938 bits per heavy atom. The SMILES string of the molecule is CC.CCCC(C=O)N1OC(C)N(CCC)c2cc(CC)ccc21.CCCN(CCC)CC1CCN(C(=O)c2cc(C)c(C3=CCN(C(C)/C(C)=C/c4c(-n5ccc6c(c5=O)CCN6)ccnc4C)CC3)c(F)c2)CC1.CNC=O. The molecule has 2 aromatic carbocycles. The van der Waals surface area contributed by atoms with E-state index in [1.165, 1.54) is 22.9 Å². The average Bonchev–Trinajstić information content (AvgIpc) is 3.97. The summed E-state index contributed by atoms with van der Waals surface area (Å²) < 4.78 is 17.6. The molecular formula is C65H96FN9O5. The monoisotopic (exact) mass is 1100 g/mol. The number of fused-ring (bicyclic) bond motifs is 2. The highest BCUT2D eigenvalue weighted by Crippen LogP contribution is 2.39. The summed E-state index contributed by atoms with van der Waals surface area (Å²) in [6.07, 6.45) is 19.1. The van der Waals surface area contributed by atoms with Crippen molar-refractivity contribution >= 4 is 47.3 Å². The number of likely N-dealkylation sites (tertiary alicyclic amines) is 1. The predicted molar refractivity (Wildman–Crippen MR) is 329 cm³/mol. The minimum Gasteiger partial charge on any atom is -0.384 e. The van der Waals surface area contributed by atoms with Crippen LogP contribution in [0.1, 0.15) is 164 Å². The van der Waals surface area contributed by atoms with E-state index in [0.717, 1.165) is 168 Å². The third-order valence-corrected chi connectivity index (χ3v) is 15.8. The highest BCUT2D eigenvalue weighted by Gasteiger charge is 2.33. The number of piperidine rings is 1. The van der Waals surface area contributed by atoms with Crippen molar-refractivity contribution in [2.45, 2.75) is 166 Å². The second kappa shape index (κ2) is 32.3. The number of aryl methyl sites for hydroxylation is 3. The van der Waals surface area contributed by atoms with E-state index in [-0.39, 0.29) is 35.6 Å². The zero-order chi connectivity index (χ0) is 58.5. The first-order valence-corrected chi connectivity index (χ1v) is 30.0. The fraction of sp³-hybridized carbons (Fsp3) is 0.554. The number of nitrogens with zero attached hydrogens (tertiary/aromatic N) is 7. The molecule has 3 unspecified atom stereocenters. The van der Waals surface area contributed by atoms with Gasteiger partial charge in [-0.15, -0.1) is 0 Å². The first-order valence-electron chi connectivity index (χ1n) is 30.0. The summed E-state index contributed by atoms with van der Waals surface area (Å²) in [5.41, 5.74) is 12.0. The summed E-state index contributed by atoms with van der Waals surface area (Å²) in [5.74, 6) is 0.239. The maximum Gasteiger partial charge on any atom is 0.260 e. The predicted octanol–water partition coefficient (Wildman–Crippen LogP) is 11.8. The molecule has 2 N–H and O–H groups in total. The molecule has 3 atom stereocenters. The van der Waals surface area contributed by atoms with Crippen molar-refractivity contribution < 1.29 is 23.6 Å². The number of nitrogens with one attached hydrogen (secondary N) is 2. The second-order valence-electron chi connectivity index (χ2n) is 21.4. The molecule has 14 nitrogen and oxygen atoms in total. The Bertz CT molecular complexity index is 2740. The van der Waals surface area contributed by atoms with Crippen molar-refractivity contribution in [1.29, 1.82) is 0 Å². The number of pyridine rings is 2. The normalized spacial score (nSPS) is 17.0. The smallest absolute Gasteiger partial charge is 0.260 e. The van der Waals surface area contributed by atoms with Crippen LogP contribution in [-0.2, 0) is 27.3 Å². The standard InChI is InChI=1S/C43H57FN6O2.C18H28N2O2.C2H5NO.C2H6/c1-7-18-47(19-8-2)28-33-11-20-49(21-12-33)42(51)35-25-30(4)41(38(44)27-35)34-13-22-48(23-14-34)32(6)29(3)26-37-31(5)45-17-10-40(37)50-24-15-39-36(43(50)52)9-16-46-39;1-5-8-16(13-21)20-17-10-9-15(7-3)12-18(17)19(11-6-2)14(4)22-20;1-3-2-4;1-2/h10,13,15,17,24-27,32-33,46H,7-9,11-12,14,16,18-23,28H2,1-6H3;9-10,12-14,16H,5-8,11H2,1-4H3;2H,1H3,(H,3,4);1-2H3/b29-26+;;;. The van der Waals surface area contributed by atoms with Crippen molar-refractivity contribution in [1.82, 2.24) is 29.6 Å². The molecule has 4 aliphatic heterocycles. The first-order chi connectivity index (χ1) is 38.7. The van der Waals surface area contributed by atoms with Crippen LogP contribution in [0.2, 0.25) is 0 Å². The highest BCUT2D eigenvalue weighted by atomic mass is 19.1. The van der Waals surface area contributed by atoms with Crippen molar-refractivity contribution in [3.8, 4) is 5.69 Å². The number of carbonyl (C=O) groups excluding carboxylic acids is 3. The molecule has 0 bridgehead atoms. The van der Waals surface area contributed by atoms with E-state index in [9.17, 15) is 14.4 Å². The van der Waals surface area contributed by atoms with E-state index >= 15 is 4.39 Å². The van der Waals surface area contributed by atoms with Gasteiger partial charge in [0.15, 0.2) is 6.23 Å². The molecule has 1 saturated heterocycles. The van der Waals surface area contributed by atoms with Gasteiger partial charge in [-0.25, -0.2) is 14.3 Å². The van der Waals surface area contributed by atoms with E-state index in [2.05, 4.69) is 116 Å². The maximum absolute atomic E-state index is 15.8. The molecule has 2 amide bonds. The van der Waals surface area contributed by atoms with Crippen LogP contribution < -0.4 is 26.2 Å². The van der Waals surface area contributed by atoms with E-state index in [0.29, 0.717) is 30.0 Å². The lowest BCUT2D eigenvalue weighted by Gasteiger charge is -2.44. The number of rotatable bonds is 20. The topological polar surface area (TPSA) is 136 Å². The van der Waals surface area contributed by atoms with Crippen LogP contribution in [0.5, 0.6) is 0 Å². The molecule has 0 spiro atoms. The number of aldehydes is 1. The van der Waals surface area contributed by atoms with Crippen LogP contribution >= 0.6 is 0 Å². The summed E-state index contributed by atoms with van der Waals surface area (Å²) in [4.78, 5) is 67.3. The maximum atomic E-state index is 15.8. The molecule has 15 heteroatoms. The van der Waals surface area contributed by atoms with Gasteiger partial charge in [-0.1, -0.05) is 78.7 Å². The molecule has 0 saturated carbocycles. The van der Waals surface area contributed by atoms with Crippen LogP contribution in [-0.4, -0.2) is 127 Å². The van der Waals surface area contributed by atoms with Gasteiger partial charge in [0.25, 0.3) is 11.5 Å². The second-order valence-corrected chi connectivity index (χ2v) is 21.4. The van der Waals surface area contributed by atoms with Crippen LogP contribution in [0.3, 0.4) is 0 Å². The zero-order valence-corrected chi connectivity index (χ0v) is 50.8. The number of benzene rings is 2. The quantitative estimate of drug-likeness (QED) is 0.0819. The summed E-state index contributed by atoms with van der Waals surface area (Å²) >= 11 is 0. The number of anilines is 3. The molecule has 80 heavy (non-hydrogen) atoms. The van der Waals surface area contributed by atoms with Gasteiger partial charge in [0.2, 0.25) is 6.41 Å². The van der Waals surface area contributed by atoms with Gasteiger partial charge in [0.1, 0.15) is 18.1 Å². The minimum absolute atomic E-state index is 0.0128. The van der Waals surface area contributed by atoms with E-state index in [1.807, 2.05) is 62.1 Å². The van der Waals surface area contributed by atoms with Gasteiger partial charge < -0.3 is 30.1 Å². The lowest BCUT2D eigenvalue weighted by molar-refractivity contribution is -0.112. The number of hydroxylamine groups is 1. The van der Waals surface area contributed by atoms with Crippen molar-refractivity contribution in [2.75, 3.05) is 81.2 Å². The molecule has 4 aromatic rings. The molecule has 438 valence electrons. The number of hydrogen-bond acceptors (Lipinski definition) is 11. The molecule has 0 radical (unpaired) electrons. The molecule has 8 rings (SSSR count). The Labute approximate surface area is 478 Å². The van der Waals surface area contributed by atoms with E-state index in [1.54, 1.807) is 17.8 Å². The van der Waals surface area contributed by atoms with Crippen LogP contribution in [0, 0.1) is 25.6 Å². The lowest BCUT2D eigenvalue weighted by Crippen LogP contribution is -2.50. The highest BCUT2D eigenvalue weighted by molar-refractivity contribution is 5.95. The minimum atomic E-state index is -0.311. The Kier molecular flexibility index (Phi) is 26.1. The lowest BCUT2D eigenvalue weighted by atomic mass is 9.91. The van der Waals surface area contributed by atoms with Crippen LogP contribution in [0.4, 0.5) is 21.5 Å². The summed E-state index contributed by atoms with van der Waals surface area (Å²) in [5, 5.41) is 7.37. The molecule has 4 aliphatic rings. The van der Waals surface area contributed by atoms with Crippen molar-refractivity contribution in [2.24, 2.45) is 5.92 Å². The molecule has 1 fully saturated rings. The first kappa shape index (κ1) is 64.7. The van der Waals surface area contributed by atoms with Gasteiger partial charge in [-0.3, -0.25) is 28.8 Å². The van der Waals surface area contributed by atoms with Gasteiger partial charge in [-0.2, -0.15) is 0 Å². The number of amides is 2. The number of aromatic nitrogens is 2. The molecule has 2 aromatic heterocycles. The van der Waals surface area contributed by atoms with Gasteiger partial charge in [0.05, 0.1) is 17.1 Å². The van der Waals surface area contributed by atoms with E-state index in [4.69, 9.17) is 9.63 Å². The average molecular weight is 1100 g/mol. The summed E-state index contributed by atoms with van der Waals surface area (Å²) in [6.45, 7) is 33.2. The number of halogens is 1. The van der Waals surface area contributed by atoms with E-state index < -0.39 is 0 Å². The fourth-order valence-electron chi connectivity index (χ4n) is 11.4. The van der Waals surface area contributed by atoms with Gasteiger partial charge in [0, 0.05) is 105 Å². The Morgan fingerprint density at radius 2 is 1.65 bits per heavy atom. The third kappa shape index (κ3) is 16.3. The largest absolute Gasteiger partial charge is 0.384 e. The fourth-order valence-corrected chi connectivity index (χ4v) is 11.4. The zero-order valence-electron chi connectivity index (χ0n) is 50.8. The summed E-state index contributed by atoms with van der Waals surface area (Å²) in [6, 6.07) is 13.6. The summed E-state index contributed by atoms with van der Waals surface area (Å²) in [7, 11) is 1.56. The van der Waals surface area contributed by atoms with Gasteiger partial charge >= 0.3 is 0 Å². The van der Waals surface area contributed by atoms with Crippen molar-refractivity contribution in [3.05, 3.63) is 122 Å². The third-order valence-electron chi connectivity index (χ3n) is 15.8. The van der Waals surface area contributed by atoms with Crippen LogP contribution in [0.15, 0.2) is 71.3 Å². The van der Waals surface area contributed by atoms with Gasteiger partial charge in [-0.05, 0) is 165 Å². The molecule has 6 heterocycles. The Hall–Kier alpha value is -6.16. The molecule has 0 aliphatic carbocycles. The van der Waals surface area contributed by atoms with Crippen LogP contribution in [0.25, 0.3) is 17.3 Å². The number of hydrogen-bond donors (Lipinski definition) is 2. The number of carbonyl (C=O) groups is 3. The van der Waals surface area contributed by atoms with Crippen molar-refractivity contribution in [3.63, 3.8) is 0 Å². The Morgan fingerprint density at radius 3 is 2.25 bits per heavy atom. The Balaban J connectivity index is 0.000000348.